The molecular weight excluding hydrogens is 256 g/mol. The van der Waals surface area contributed by atoms with Crippen LogP contribution < -0.4 is 4.74 Å². The van der Waals surface area contributed by atoms with E-state index in [2.05, 4.69) is 25.9 Å². The maximum atomic E-state index is 5.10. The molecule has 0 saturated heterocycles. The summed E-state index contributed by atoms with van der Waals surface area (Å²) in [5, 5.41) is 1.07. The van der Waals surface area contributed by atoms with Gasteiger partial charge >= 0.3 is 0 Å². The predicted molar refractivity (Wildman–Crippen MR) is 64.7 cm³/mol. The molecule has 3 nitrogen and oxygen atoms in total. The molecule has 0 bridgehead atoms. The molecule has 0 aliphatic carbocycles. The topological polar surface area (TPSA) is 35.0 Å². The number of nitrogens with zero attached hydrogens (tertiary/aromatic N) is 2. The van der Waals surface area contributed by atoms with Crippen molar-refractivity contribution in [3.63, 3.8) is 0 Å². The molecule has 0 fully saturated rings. The minimum atomic E-state index is 0.665. The van der Waals surface area contributed by atoms with E-state index in [4.69, 9.17) is 4.74 Å². The largest absolute Gasteiger partial charge is 0.481 e. The fraction of sp³-hybridized carbons (Fsp3) is 0.636. The van der Waals surface area contributed by atoms with Crippen LogP contribution in [0.1, 0.15) is 30.8 Å². The Morgan fingerprint density at radius 2 is 2.07 bits per heavy atom. The Morgan fingerprint density at radius 1 is 1.27 bits per heavy atom. The van der Waals surface area contributed by atoms with Crippen molar-refractivity contribution in [2.75, 3.05) is 12.4 Å². The van der Waals surface area contributed by atoms with Gasteiger partial charge in [0.15, 0.2) is 0 Å². The molecule has 0 saturated carbocycles. The molecule has 0 N–H and O–H groups in total. The van der Waals surface area contributed by atoms with Gasteiger partial charge in [0.1, 0.15) is 5.82 Å². The second-order valence-corrected chi connectivity index (χ2v) is 4.26. The van der Waals surface area contributed by atoms with Gasteiger partial charge in [-0.1, -0.05) is 22.4 Å². The molecule has 15 heavy (non-hydrogen) atoms. The van der Waals surface area contributed by atoms with Gasteiger partial charge in [0.05, 0.1) is 7.11 Å². The lowest BCUT2D eigenvalue weighted by Crippen LogP contribution is -2.00. The van der Waals surface area contributed by atoms with E-state index in [0.29, 0.717) is 5.88 Å². The van der Waals surface area contributed by atoms with Gasteiger partial charge < -0.3 is 4.74 Å². The van der Waals surface area contributed by atoms with E-state index in [1.165, 1.54) is 12.8 Å². The maximum absolute atomic E-state index is 5.10. The van der Waals surface area contributed by atoms with Crippen molar-refractivity contribution in [2.24, 2.45) is 0 Å². The van der Waals surface area contributed by atoms with E-state index in [-0.39, 0.29) is 0 Å². The smallest absolute Gasteiger partial charge is 0.216 e. The standard InChI is InChI=1S/C11H17BrN2O/c1-9-8-11(15-2)14-10(13-9)6-4-3-5-7-12/h8H,3-7H2,1-2H3. The molecule has 1 heterocycles. The number of aryl methyl sites for hydroxylation is 2. The van der Waals surface area contributed by atoms with Crippen LogP contribution in [-0.4, -0.2) is 22.4 Å². The minimum Gasteiger partial charge on any atom is -0.481 e. The lowest BCUT2D eigenvalue weighted by molar-refractivity contribution is 0.393. The van der Waals surface area contributed by atoms with Crippen LogP contribution in [0.2, 0.25) is 0 Å². The van der Waals surface area contributed by atoms with E-state index in [9.17, 15) is 0 Å². The molecule has 0 spiro atoms. The van der Waals surface area contributed by atoms with Crippen molar-refractivity contribution in [3.05, 3.63) is 17.6 Å². The van der Waals surface area contributed by atoms with Crippen molar-refractivity contribution in [1.82, 2.24) is 9.97 Å². The number of hydrogen-bond acceptors (Lipinski definition) is 3. The normalized spacial score (nSPS) is 10.3. The zero-order valence-electron chi connectivity index (χ0n) is 9.29. The summed E-state index contributed by atoms with van der Waals surface area (Å²) in [6, 6.07) is 1.85. The molecule has 0 atom stereocenters. The maximum Gasteiger partial charge on any atom is 0.216 e. The second-order valence-electron chi connectivity index (χ2n) is 3.47. The zero-order chi connectivity index (χ0) is 11.1. The van der Waals surface area contributed by atoms with E-state index >= 15 is 0 Å². The molecule has 1 rings (SSSR count). The van der Waals surface area contributed by atoms with Crippen LogP contribution in [0.3, 0.4) is 0 Å². The van der Waals surface area contributed by atoms with Crippen LogP contribution >= 0.6 is 15.9 Å². The van der Waals surface area contributed by atoms with Gasteiger partial charge in [-0.25, -0.2) is 4.98 Å². The van der Waals surface area contributed by atoms with Gasteiger partial charge in [0.25, 0.3) is 0 Å². The van der Waals surface area contributed by atoms with Gasteiger partial charge in [-0.3, -0.25) is 0 Å². The number of alkyl halides is 1. The number of ether oxygens (including phenoxy) is 1. The third kappa shape index (κ3) is 4.60. The highest BCUT2D eigenvalue weighted by Gasteiger charge is 2.01. The quantitative estimate of drug-likeness (QED) is 0.590. The van der Waals surface area contributed by atoms with E-state index in [0.717, 1.165) is 29.7 Å². The number of methoxy groups -OCH3 is 1. The fourth-order valence-corrected chi connectivity index (χ4v) is 1.77. The first-order valence-corrected chi connectivity index (χ1v) is 6.33. The number of aromatic nitrogens is 2. The van der Waals surface area contributed by atoms with Gasteiger partial charge in [0.2, 0.25) is 5.88 Å². The average molecular weight is 273 g/mol. The van der Waals surface area contributed by atoms with Crippen molar-refractivity contribution < 1.29 is 4.74 Å². The molecule has 0 aromatic carbocycles. The molecule has 4 heteroatoms. The lowest BCUT2D eigenvalue weighted by Gasteiger charge is -2.04. The lowest BCUT2D eigenvalue weighted by atomic mass is 10.2. The third-order valence-electron chi connectivity index (χ3n) is 2.12. The molecule has 0 unspecified atom stereocenters. The Labute approximate surface area is 99.4 Å². The van der Waals surface area contributed by atoms with Gasteiger partial charge in [-0.2, -0.15) is 4.98 Å². The highest BCUT2D eigenvalue weighted by Crippen LogP contribution is 2.10. The zero-order valence-corrected chi connectivity index (χ0v) is 10.9. The van der Waals surface area contributed by atoms with Gasteiger partial charge in [0, 0.05) is 23.5 Å². The number of rotatable bonds is 6. The highest BCUT2D eigenvalue weighted by atomic mass is 79.9. The summed E-state index contributed by atoms with van der Waals surface area (Å²) in [6.45, 7) is 1.96. The number of halogens is 1. The van der Waals surface area contributed by atoms with Crippen molar-refractivity contribution in [3.8, 4) is 5.88 Å². The van der Waals surface area contributed by atoms with Gasteiger partial charge in [-0.05, 0) is 19.8 Å². The molecule has 0 radical (unpaired) electrons. The van der Waals surface area contributed by atoms with Crippen LogP contribution in [0.4, 0.5) is 0 Å². The van der Waals surface area contributed by atoms with Crippen LogP contribution in [0.15, 0.2) is 6.07 Å². The van der Waals surface area contributed by atoms with Crippen molar-refractivity contribution >= 4 is 15.9 Å². The Morgan fingerprint density at radius 3 is 2.73 bits per heavy atom. The summed E-state index contributed by atoms with van der Waals surface area (Å²) in [5.74, 6) is 1.56. The average Bonchev–Trinajstić information content (AvgIpc) is 2.23. The first-order valence-electron chi connectivity index (χ1n) is 5.20. The molecular formula is C11H17BrN2O. The summed E-state index contributed by atoms with van der Waals surface area (Å²) in [7, 11) is 1.64. The second kappa shape index (κ2) is 6.77. The first-order chi connectivity index (χ1) is 7.26. The van der Waals surface area contributed by atoms with Crippen molar-refractivity contribution in [2.45, 2.75) is 32.6 Å². The minimum absolute atomic E-state index is 0.665. The fourth-order valence-electron chi connectivity index (χ4n) is 1.37. The molecule has 1 aromatic heterocycles. The monoisotopic (exact) mass is 272 g/mol. The van der Waals surface area contributed by atoms with E-state index < -0.39 is 0 Å². The Balaban J connectivity index is 2.49. The van der Waals surface area contributed by atoms with Crippen molar-refractivity contribution in [1.29, 1.82) is 0 Å². The van der Waals surface area contributed by atoms with E-state index in [1.54, 1.807) is 7.11 Å². The number of hydrogen-bond donors (Lipinski definition) is 0. The Bertz CT molecular complexity index is 305. The van der Waals surface area contributed by atoms with Crippen LogP contribution in [0, 0.1) is 6.92 Å². The Kier molecular flexibility index (Phi) is 5.61. The molecule has 0 aliphatic rings. The van der Waals surface area contributed by atoms with E-state index in [1.807, 2.05) is 13.0 Å². The van der Waals surface area contributed by atoms with Crippen LogP contribution in [-0.2, 0) is 6.42 Å². The third-order valence-corrected chi connectivity index (χ3v) is 2.68. The first kappa shape index (κ1) is 12.4. The molecule has 1 aromatic rings. The Hall–Kier alpha value is -0.640. The SMILES string of the molecule is COc1cc(C)nc(CCCCCBr)n1. The molecule has 0 aliphatic heterocycles. The summed E-state index contributed by atoms with van der Waals surface area (Å²) < 4.78 is 5.10. The highest BCUT2D eigenvalue weighted by molar-refractivity contribution is 9.09. The molecule has 0 amide bonds. The summed E-state index contributed by atoms with van der Waals surface area (Å²) in [5.41, 5.74) is 0.970. The molecule has 84 valence electrons. The van der Waals surface area contributed by atoms with Crippen LogP contribution in [0.5, 0.6) is 5.88 Å². The van der Waals surface area contributed by atoms with Gasteiger partial charge in [-0.15, -0.1) is 0 Å². The number of unbranched alkanes of at least 4 members (excludes halogenated alkanes) is 2. The summed E-state index contributed by atoms with van der Waals surface area (Å²) >= 11 is 3.42. The summed E-state index contributed by atoms with van der Waals surface area (Å²) in [4.78, 5) is 8.68. The van der Waals surface area contributed by atoms with Crippen LogP contribution in [0.25, 0.3) is 0 Å². The predicted octanol–water partition coefficient (Wildman–Crippen LogP) is 2.90. The summed E-state index contributed by atoms with van der Waals surface area (Å²) in [6.07, 6.45) is 4.50.